The van der Waals surface area contributed by atoms with E-state index in [1.54, 1.807) is 17.5 Å². The van der Waals surface area contributed by atoms with Gasteiger partial charge in [0.05, 0.1) is 19.4 Å². The monoisotopic (exact) mass is 444 g/mol. The van der Waals surface area contributed by atoms with Crippen LogP contribution in [0.5, 0.6) is 0 Å². The van der Waals surface area contributed by atoms with Crippen molar-refractivity contribution in [2.24, 2.45) is 7.05 Å². The van der Waals surface area contributed by atoms with Crippen LogP contribution in [0.4, 0.5) is 0 Å². The summed E-state index contributed by atoms with van der Waals surface area (Å²) in [6.07, 6.45) is 11.9. The van der Waals surface area contributed by atoms with Crippen LogP contribution in [-0.4, -0.2) is 14.5 Å². The number of pyridine rings is 2. The quantitative estimate of drug-likeness (QED) is 0.304. The summed E-state index contributed by atoms with van der Waals surface area (Å²) in [4.78, 5) is 9.76. The van der Waals surface area contributed by atoms with Gasteiger partial charge in [-0.25, -0.2) is 4.98 Å². The second kappa shape index (κ2) is 7.23. The van der Waals surface area contributed by atoms with Crippen molar-refractivity contribution >= 4 is 31.6 Å². The molecule has 1 aromatic carbocycles. The van der Waals surface area contributed by atoms with Crippen molar-refractivity contribution in [1.82, 2.24) is 14.5 Å². The van der Waals surface area contributed by atoms with Crippen LogP contribution in [0.25, 0.3) is 37.4 Å². The average Bonchev–Trinajstić information content (AvgIpc) is 3.23. The zero-order valence-electron chi connectivity index (χ0n) is 15.0. The van der Waals surface area contributed by atoms with E-state index >= 15 is 0 Å². The largest absolute Gasteiger partial charge is 0.404 e. The molecule has 0 aliphatic carbocycles. The predicted molar refractivity (Wildman–Crippen MR) is 103 cm³/mol. The van der Waals surface area contributed by atoms with Crippen LogP contribution in [0.15, 0.2) is 55.0 Å². The maximum atomic E-state index is 4.55. The Morgan fingerprint density at radius 2 is 1.93 bits per heavy atom. The van der Waals surface area contributed by atoms with Crippen molar-refractivity contribution in [2.45, 2.75) is 6.92 Å². The molecule has 0 unspecified atom stereocenters. The van der Waals surface area contributed by atoms with E-state index in [-0.39, 0.29) is 32.7 Å². The summed E-state index contributed by atoms with van der Waals surface area (Å²) in [6.45, 7) is 2.15. The Balaban J connectivity index is 0.00000180. The van der Waals surface area contributed by atoms with Gasteiger partial charge in [-0.05, 0) is 24.6 Å². The molecule has 0 amide bonds. The van der Waals surface area contributed by atoms with Gasteiger partial charge in [-0.15, -0.1) is 17.5 Å². The first-order valence-electron chi connectivity index (χ1n) is 8.33. The van der Waals surface area contributed by atoms with E-state index in [2.05, 4.69) is 52.1 Å². The van der Waals surface area contributed by atoms with Gasteiger partial charge in [-0.2, -0.15) is 12.1 Å². The zero-order chi connectivity index (χ0) is 17.7. The van der Waals surface area contributed by atoms with Gasteiger partial charge in [0.2, 0.25) is 0 Å². The summed E-state index contributed by atoms with van der Waals surface area (Å²) in [6, 6.07) is 12.4. The molecule has 5 aromatic rings. The maximum Gasteiger partial charge on any atom is 0.185 e. The number of aryl methyl sites for hydroxylation is 2. The summed E-state index contributed by atoms with van der Waals surface area (Å²) < 4.78 is 5.36. The molecular formula is C21H15N4SY-. The first kappa shape index (κ1) is 18.4. The van der Waals surface area contributed by atoms with Crippen molar-refractivity contribution in [3.05, 3.63) is 72.9 Å². The smallest absolute Gasteiger partial charge is 0.185 e. The number of rotatable bonds is 2. The summed E-state index contributed by atoms with van der Waals surface area (Å²) in [5.74, 6) is 1.06. The normalized spacial score (nSPS) is 11.0. The fourth-order valence-electron chi connectivity index (χ4n) is 3.39. The van der Waals surface area contributed by atoms with Gasteiger partial charge in [-0.3, -0.25) is 4.57 Å². The summed E-state index contributed by atoms with van der Waals surface area (Å²) in [5.41, 5.74) is 3.29. The maximum absolute atomic E-state index is 4.55. The molecule has 0 fully saturated rings. The molecule has 0 saturated heterocycles. The van der Waals surface area contributed by atoms with E-state index < -0.39 is 0 Å². The number of benzene rings is 1. The van der Waals surface area contributed by atoms with Crippen LogP contribution in [0, 0.1) is 19.3 Å². The molecule has 0 saturated carbocycles. The minimum absolute atomic E-state index is 0. The summed E-state index contributed by atoms with van der Waals surface area (Å²) >= 11 is 1.74. The van der Waals surface area contributed by atoms with E-state index in [9.17, 15) is 0 Å². The molecule has 4 heterocycles. The van der Waals surface area contributed by atoms with Crippen LogP contribution in [0.3, 0.4) is 0 Å². The van der Waals surface area contributed by atoms with E-state index in [0.29, 0.717) is 0 Å². The first-order chi connectivity index (χ1) is 12.7. The van der Waals surface area contributed by atoms with Gasteiger partial charge in [0.15, 0.2) is 5.82 Å². The van der Waals surface area contributed by atoms with Gasteiger partial charge in [0, 0.05) is 59.9 Å². The SMILES string of the molecule is Cc1ccc2c(sc3ncccc32)c1-c1n(C)c[c-][n+]1-c1[c-]nccc1.[Y]. The van der Waals surface area contributed by atoms with Gasteiger partial charge in [-0.1, -0.05) is 24.0 Å². The van der Waals surface area contributed by atoms with Crippen molar-refractivity contribution in [2.75, 3.05) is 0 Å². The van der Waals surface area contributed by atoms with Crippen LogP contribution in [0.2, 0.25) is 0 Å². The molecule has 0 bridgehead atoms. The van der Waals surface area contributed by atoms with Crippen molar-refractivity contribution in [1.29, 1.82) is 0 Å². The molecule has 5 rings (SSSR count). The second-order valence-corrected chi connectivity index (χ2v) is 7.25. The number of imidazole rings is 1. The molecular weight excluding hydrogens is 429 g/mol. The Labute approximate surface area is 186 Å². The topological polar surface area (TPSA) is 34.6 Å². The number of thiophene rings is 1. The van der Waals surface area contributed by atoms with Crippen LogP contribution in [-0.2, 0) is 39.8 Å². The van der Waals surface area contributed by atoms with Gasteiger partial charge in [0.25, 0.3) is 0 Å². The fourth-order valence-corrected chi connectivity index (χ4v) is 4.63. The van der Waals surface area contributed by atoms with Crippen LogP contribution < -0.4 is 4.57 Å². The van der Waals surface area contributed by atoms with Crippen LogP contribution >= 0.6 is 11.3 Å². The molecule has 0 aliphatic heterocycles. The molecule has 0 N–H and O–H groups in total. The minimum Gasteiger partial charge on any atom is -0.404 e. The number of hydrogen-bond acceptors (Lipinski definition) is 3. The molecule has 6 heteroatoms. The molecule has 27 heavy (non-hydrogen) atoms. The van der Waals surface area contributed by atoms with Crippen molar-refractivity contribution in [3.63, 3.8) is 0 Å². The van der Waals surface area contributed by atoms with Crippen LogP contribution in [0.1, 0.15) is 5.56 Å². The van der Waals surface area contributed by atoms with Crippen molar-refractivity contribution in [3.8, 4) is 17.1 Å². The fraction of sp³-hybridized carbons (Fsp3) is 0.0952. The molecule has 4 aromatic heterocycles. The number of nitrogens with zero attached hydrogens (tertiary/aromatic N) is 4. The number of hydrogen-bond donors (Lipinski definition) is 0. The summed E-state index contributed by atoms with van der Waals surface area (Å²) in [7, 11) is 2.04. The molecule has 129 valence electrons. The predicted octanol–water partition coefficient (Wildman–Crippen LogP) is 4.03. The second-order valence-electron chi connectivity index (χ2n) is 6.25. The molecule has 0 aliphatic rings. The zero-order valence-corrected chi connectivity index (χ0v) is 18.6. The molecule has 1 radical (unpaired) electrons. The molecule has 0 spiro atoms. The Morgan fingerprint density at radius 3 is 2.74 bits per heavy atom. The summed E-state index contributed by atoms with van der Waals surface area (Å²) in [5, 5.41) is 2.44. The van der Waals surface area contributed by atoms with E-state index in [4.69, 9.17) is 0 Å². The standard InChI is InChI=1S/C21H15N4S.Y/c1-14-7-8-16-17-6-4-10-23-20(17)26-19(16)18(14)21-24(2)11-12-25(21)15-5-3-9-22-13-15;/h3-11H,1-2H3;/q-1;. The van der Waals surface area contributed by atoms with Gasteiger partial charge in [0.1, 0.15) is 4.83 Å². The number of aromatic nitrogens is 4. The Hall–Kier alpha value is -1.95. The Bertz CT molecular complexity index is 1260. The third-order valence-corrected chi connectivity index (χ3v) is 5.76. The third kappa shape index (κ3) is 2.94. The number of fused-ring (bicyclic) bond motifs is 3. The van der Waals surface area contributed by atoms with Crippen molar-refractivity contribution < 1.29 is 37.3 Å². The van der Waals surface area contributed by atoms with E-state index in [0.717, 1.165) is 16.3 Å². The van der Waals surface area contributed by atoms with Gasteiger partial charge < -0.3 is 9.55 Å². The Morgan fingerprint density at radius 1 is 1.07 bits per heavy atom. The van der Waals surface area contributed by atoms with E-state index in [1.165, 1.54) is 26.6 Å². The van der Waals surface area contributed by atoms with Gasteiger partial charge >= 0.3 is 0 Å². The van der Waals surface area contributed by atoms with E-state index in [1.807, 2.05) is 42.2 Å². The first-order valence-corrected chi connectivity index (χ1v) is 9.15. The third-order valence-electron chi connectivity index (χ3n) is 4.61. The minimum atomic E-state index is 0. The average molecular weight is 444 g/mol. The molecule has 4 nitrogen and oxygen atoms in total. The molecule has 0 atom stereocenters. The Kier molecular flexibility index (Phi) is 4.93.